The van der Waals surface area contributed by atoms with Gasteiger partial charge >= 0.3 is 0 Å². The molecule has 2 saturated heterocycles. The number of hydrogen-bond acceptors (Lipinski definition) is 10. The fourth-order valence-corrected chi connectivity index (χ4v) is 6.42. The van der Waals surface area contributed by atoms with Crippen molar-refractivity contribution in [3.8, 4) is 0 Å². The van der Waals surface area contributed by atoms with Crippen LogP contribution in [-0.4, -0.2) is 99.0 Å². The normalized spacial score (nSPS) is 23.2. The summed E-state index contributed by atoms with van der Waals surface area (Å²) in [7, 11) is -3.49. The topological polar surface area (TPSA) is 160 Å². The zero-order chi connectivity index (χ0) is 32.1. The van der Waals surface area contributed by atoms with E-state index in [1.165, 1.54) is 24.3 Å². The largest absolute Gasteiger partial charge is 0.386 e. The number of amides is 1. The molecule has 12 heteroatoms. The number of nitrogens with one attached hydrogen (secondary N) is 1. The van der Waals surface area contributed by atoms with Crippen molar-refractivity contribution in [1.82, 2.24) is 10.2 Å². The molecule has 11 nitrogen and oxygen atoms in total. The molecule has 2 fully saturated rings. The second-order valence-corrected chi connectivity index (χ2v) is 14.5. The third-order valence-electron chi connectivity index (χ3n) is 8.66. The third-order valence-corrected chi connectivity index (χ3v) is 9.78. The van der Waals surface area contributed by atoms with E-state index in [1.54, 1.807) is 13.8 Å². The van der Waals surface area contributed by atoms with Crippen molar-refractivity contribution < 1.29 is 42.2 Å². The molecule has 1 aliphatic carbocycles. The number of allylic oxidation sites excluding steroid dienone is 2. The van der Waals surface area contributed by atoms with E-state index >= 15 is 0 Å². The summed E-state index contributed by atoms with van der Waals surface area (Å²) in [5.41, 5.74) is 0.384. The molecule has 2 aliphatic heterocycles. The lowest BCUT2D eigenvalue weighted by Gasteiger charge is -2.28. The number of ketones is 3. The summed E-state index contributed by atoms with van der Waals surface area (Å²) in [6.45, 7) is 6.11. The van der Waals surface area contributed by atoms with Gasteiger partial charge in [0.2, 0.25) is 5.91 Å². The van der Waals surface area contributed by atoms with Gasteiger partial charge in [-0.3, -0.25) is 24.1 Å². The summed E-state index contributed by atoms with van der Waals surface area (Å²) in [6.07, 6.45) is 4.52. The van der Waals surface area contributed by atoms with Gasteiger partial charge in [0.05, 0.1) is 31.3 Å². The Morgan fingerprint density at radius 3 is 2.32 bits per heavy atom. The van der Waals surface area contributed by atoms with Gasteiger partial charge in [0, 0.05) is 44.0 Å². The van der Waals surface area contributed by atoms with E-state index in [0.29, 0.717) is 32.7 Å². The highest BCUT2D eigenvalue weighted by atomic mass is 32.2. The number of carbonyl (C=O) groups excluding carboxylic acids is 4. The molecule has 3 aliphatic rings. The van der Waals surface area contributed by atoms with Crippen LogP contribution in [0.4, 0.5) is 0 Å². The number of Topliss-reactive ketones (excluding diaryl/α,β-unsaturated/α-hetero) is 3. The molecule has 0 saturated carbocycles. The molecule has 0 aromatic heterocycles. The number of hydrogen-bond donors (Lipinski definition) is 2. The Bertz CT molecular complexity index is 1360. The SMILES string of the molecule is C[C@H](CC(=O)CN1CCOCC1)C(=O)N[C@H](C(=O)C[C@@H](CC1=CCCC1)C(=O)[C@@]1(C)CO1)[C@H](O)c1ccc(S(C)(=O)=O)cc1. The van der Waals surface area contributed by atoms with Crippen molar-refractivity contribution in [2.45, 2.75) is 75.0 Å². The molecule has 0 unspecified atom stereocenters. The molecular weight excluding hydrogens is 588 g/mol. The zero-order valence-electron chi connectivity index (χ0n) is 25.8. The lowest BCUT2D eigenvalue weighted by Crippen LogP contribution is -2.48. The van der Waals surface area contributed by atoms with Crippen LogP contribution in [0.15, 0.2) is 40.8 Å². The van der Waals surface area contributed by atoms with E-state index < -0.39 is 51.1 Å². The summed E-state index contributed by atoms with van der Waals surface area (Å²) >= 11 is 0. The lowest BCUT2D eigenvalue weighted by molar-refractivity contribution is -0.136. The summed E-state index contributed by atoms with van der Waals surface area (Å²) in [5.74, 6) is -2.89. The van der Waals surface area contributed by atoms with Crippen molar-refractivity contribution in [3.63, 3.8) is 0 Å². The first kappa shape index (κ1) is 34.1. The number of sulfone groups is 1. The average Bonchev–Trinajstić information content (AvgIpc) is 3.52. The summed E-state index contributed by atoms with van der Waals surface area (Å²) in [4.78, 5) is 55.4. The molecule has 4 rings (SSSR count). The fourth-order valence-electron chi connectivity index (χ4n) is 5.79. The predicted molar refractivity (Wildman–Crippen MR) is 162 cm³/mol. The highest BCUT2D eigenvalue weighted by Crippen LogP contribution is 2.36. The minimum atomic E-state index is -3.49. The van der Waals surface area contributed by atoms with Crippen LogP contribution in [0.1, 0.15) is 64.0 Å². The third kappa shape index (κ3) is 9.13. The predicted octanol–water partition coefficient (Wildman–Crippen LogP) is 1.97. The Morgan fingerprint density at radius 1 is 1.09 bits per heavy atom. The molecule has 2 N–H and O–H groups in total. The monoisotopic (exact) mass is 632 g/mol. The maximum absolute atomic E-state index is 13.9. The summed E-state index contributed by atoms with van der Waals surface area (Å²) in [5, 5.41) is 14.1. The molecule has 1 aromatic rings. The first-order valence-corrected chi connectivity index (χ1v) is 17.1. The molecule has 0 bridgehead atoms. The van der Waals surface area contributed by atoms with Crippen LogP contribution in [0.5, 0.6) is 0 Å². The van der Waals surface area contributed by atoms with Crippen LogP contribution in [-0.2, 0) is 38.5 Å². The minimum absolute atomic E-state index is 0.0425. The average molecular weight is 633 g/mol. The van der Waals surface area contributed by atoms with E-state index in [2.05, 4.69) is 11.4 Å². The maximum atomic E-state index is 13.9. The molecule has 0 spiro atoms. The minimum Gasteiger partial charge on any atom is -0.386 e. The number of carbonyl (C=O) groups is 4. The van der Waals surface area contributed by atoms with Gasteiger partial charge in [-0.1, -0.05) is 30.7 Å². The molecule has 2 heterocycles. The second kappa shape index (κ2) is 14.6. The number of rotatable bonds is 16. The van der Waals surface area contributed by atoms with E-state index in [1.807, 2.05) is 4.90 Å². The maximum Gasteiger partial charge on any atom is 0.223 e. The summed E-state index contributed by atoms with van der Waals surface area (Å²) in [6, 6.07) is 4.02. The van der Waals surface area contributed by atoms with Gasteiger partial charge in [-0.15, -0.1) is 0 Å². The Hall–Kier alpha value is -2.77. The van der Waals surface area contributed by atoms with Crippen LogP contribution in [0.3, 0.4) is 0 Å². The number of morpholine rings is 1. The Kier molecular flexibility index (Phi) is 11.3. The van der Waals surface area contributed by atoms with Gasteiger partial charge in [0.1, 0.15) is 23.5 Å². The summed E-state index contributed by atoms with van der Waals surface area (Å²) < 4.78 is 34.6. The van der Waals surface area contributed by atoms with E-state index in [9.17, 15) is 32.7 Å². The standard InChI is InChI=1S/C32H44N2O9S/c1-21(16-25(35)19-34-12-14-42-15-13-34)31(39)33-28(29(37)23-8-10-26(11-9-23)44(3,40)41)27(36)18-24(17-22-6-4-5-7-22)30(38)32(2)20-43-32/h6,8-11,21,24,28-29,37H,4-5,7,12-20H2,1-3H3,(H,33,39)/t21-,24-,28-,29-,32-/m1/s1. The molecule has 1 amide bonds. The van der Waals surface area contributed by atoms with Crippen molar-refractivity contribution in [1.29, 1.82) is 0 Å². The smallest absolute Gasteiger partial charge is 0.223 e. The van der Waals surface area contributed by atoms with Crippen LogP contribution < -0.4 is 5.32 Å². The van der Waals surface area contributed by atoms with Crippen LogP contribution >= 0.6 is 0 Å². The van der Waals surface area contributed by atoms with Gasteiger partial charge < -0.3 is 19.9 Å². The van der Waals surface area contributed by atoms with Crippen LogP contribution in [0, 0.1) is 11.8 Å². The number of nitrogens with zero attached hydrogens (tertiary/aromatic N) is 1. The molecular formula is C32H44N2O9S. The number of epoxide rings is 1. The number of aliphatic hydroxyl groups excluding tert-OH is 1. The fraction of sp³-hybridized carbons (Fsp3) is 0.625. The van der Waals surface area contributed by atoms with Gasteiger partial charge in [0.15, 0.2) is 21.4 Å². The molecule has 242 valence electrons. The van der Waals surface area contributed by atoms with Gasteiger partial charge in [-0.25, -0.2) is 8.42 Å². The first-order chi connectivity index (χ1) is 20.8. The van der Waals surface area contributed by atoms with Gasteiger partial charge in [-0.2, -0.15) is 0 Å². The van der Waals surface area contributed by atoms with Crippen molar-refractivity contribution in [2.75, 3.05) is 45.7 Å². The Balaban J connectivity index is 1.52. The molecule has 44 heavy (non-hydrogen) atoms. The lowest BCUT2D eigenvalue weighted by atomic mass is 9.82. The zero-order valence-corrected chi connectivity index (χ0v) is 26.6. The molecule has 0 radical (unpaired) electrons. The number of aliphatic hydroxyl groups is 1. The van der Waals surface area contributed by atoms with Crippen molar-refractivity contribution in [2.24, 2.45) is 11.8 Å². The quantitative estimate of drug-likeness (QED) is 0.204. The highest BCUT2D eigenvalue weighted by Gasteiger charge is 2.50. The van der Waals surface area contributed by atoms with Gasteiger partial charge in [0.25, 0.3) is 0 Å². The molecule has 5 atom stereocenters. The van der Waals surface area contributed by atoms with Crippen LogP contribution in [0.2, 0.25) is 0 Å². The van der Waals surface area contributed by atoms with Crippen molar-refractivity contribution >= 4 is 33.1 Å². The highest BCUT2D eigenvalue weighted by molar-refractivity contribution is 7.90. The van der Waals surface area contributed by atoms with E-state index in [-0.39, 0.29) is 48.0 Å². The first-order valence-electron chi connectivity index (χ1n) is 15.3. The number of benzene rings is 1. The van der Waals surface area contributed by atoms with E-state index in [4.69, 9.17) is 9.47 Å². The number of ether oxygens (including phenoxy) is 2. The van der Waals surface area contributed by atoms with E-state index in [0.717, 1.165) is 31.1 Å². The second-order valence-electron chi connectivity index (χ2n) is 12.5. The van der Waals surface area contributed by atoms with Crippen molar-refractivity contribution in [3.05, 3.63) is 41.5 Å². The molecule has 1 aromatic carbocycles. The van der Waals surface area contributed by atoms with Gasteiger partial charge in [-0.05, 0) is 50.3 Å². The van der Waals surface area contributed by atoms with Crippen LogP contribution in [0.25, 0.3) is 0 Å². The Morgan fingerprint density at radius 2 is 1.75 bits per heavy atom. The Labute approximate surface area is 259 Å².